The Kier molecular flexibility index (Phi) is 4.42. The molecule has 110 valence electrons. The fourth-order valence-electron chi connectivity index (χ4n) is 1.81. The summed E-state index contributed by atoms with van der Waals surface area (Å²) in [6.07, 6.45) is -2.47. The molecule has 1 aliphatic rings. The first kappa shape index (κ1) is 15.7. The highest BCUT2D eigenvalue weighted by Gasteiger charge is 2.48. The van der Waals surface area contributed by atoms with Gasteiger partial charge < -0.3 is 25.0 Å². The van der Waals surface area contributed by atoms with Crippen LogP contribution in [0.15, 0.2) is 0 Å². The summed E-state index contributed by atoms with van der Waals surface area (Å²) >= 11 is 0. The molecule has 1 saturated heterocycles. The van der Waals surface area contributed by atoms with E-state index in [1.807, 2.05) is 0 Å². The highest BCUT2D eigenvalue weighted by Crippen LogP contribution is 2.32. The van der Waals surface area contributed by atoms with E-state index in [1.165, 1.54) is 0 Å². The van der Waals surface area contributed by atoms with Crippen molar-refractivity contribution in [1.82, 2.24) is 5.32 Å². The van der Waals surface area contributed by atoms with E-state index in [-0.39, 0.29) is 13.2 Å². The van der Waals surface area contributed by atoms with Crippen molar-refractivity contribution in [3.8, 4) is 0 Å². The van der Waals surface area contributed by atoms with Crippen LogP contribution < -0.4 is 5.32 Å². The molecule has 0 unspecified atom stereocenters. The largest absolute Gasteiger partial charge is 0.479 e. The Labute approximate surface area is 111 Å². The standard InChI is InChI=1S/C12H21NO6/c1-11(2,3)19-10(17)13-8(7(14)9(15)16)12(4)5-18-6-12/h7-8,14H,5-6H2,1-4H3,(H,13,17)(H,15,16)/t7-,8-/m1/s1. The average Bonchev–Trinajstić information content (AvgIpc) is 2.19. The number of carboxylic acid groups (broad SMARTS) is 1. The van der Waals surface area contributed by atoms with Crippen LogP contribution in [0.5, 0.6) is 0 Å². The number of carbonyl (C=O) groups is 2. The summed E-state index contributed by atoms with van der Waals surface area (Å²) in [6, 6.07) is -0.964. The molecule has 0 aliphatic carbocycles. The number of carboxylic acids is 1. The van der Waals surface area contributed by atoms with E-state index >= 15 is 0 Å². The minimum Gasteiger partial charge on any atom is -0.479 e. The third-order valence-corrected chi connectivity index (χ3v) is 2.86. The first-order valence-electron chi connectivity index (χ1n) is 6.03. The van der Waals surface area contributed by atoms with Gasteiger partial charge in [0, 0.05) is 5.41 Å². The predicted molar refractivity (Wildman–Crippen MR) is 65.7 cm³/mol. The molecule has 7 heteroatoms. The quantitative estimate of drug-likeness (QED) is 0.684. The highest BCUT2D eigenvalue weighted by molar-refractivity contribution is 5.75. The Balaban J connectivity index is 2.75. The summed E-state index contributed by atoms with van der Waals surface area (Å²) in [7, 11) is 0. The first-order chi connectivity index (χ1) is 8.55. The molecule has 0 spiro atoms. The van der Waals surface area contributed by atoms with Gasteiger partial charge in [-0.2, -0.15) is 0 Å². The second kappa shape index (κ2) is 5.34. The zero-order chi connectivity index (χ0) is 14.8. The molecule has 0 saturated carbocycles. The fourth-order valence-corrected chi connectivity index (χ4v) is 1.81. The SMILES string of the molecule is CC(C)(C)OC(=O)N[C@H]([C@@H](O)C(=O)O)C1(C)COC1. The van der Waals surface area contributed by atoms with Crippen molar-refractivity contribution in [3.63, 3.8) is 0 Å². The summed E-state index contributed by atoms with van der Waals surface area (Å²) in [4.78, 5) is 22.6. The molecule has 2 atom stereocenters. The molecule has 1 aliphatic heterocycles. The lowest BCUT2D eigenvalue weighted by atomic mass is 9.77. The molecule has 0 bridgehead atoms. The van der Waals surface area contributed by atoms with Gasteiger partial charge in [-0.1, -0.05) is 6.92 Å². The number of ether oxygens (including phenoxy) is 2. The number of hydrogen-bond donors (Lipinski definition) is 3. The summed E-state index contributed by atoms with van der Waals surface area (Å²) < 4.78 is 10.1. The van der Waals surface area contributed by atoms with Gasteiger partial charge in [0.15, 0.2) is 6.10 Å². The van der Waals surface area contributed by atoms with Gasteiger partial charge >= 0.3 is 12.1 Å². The number of aliphatic hydroxyl groups is 1. The van der Waals surface area contributed by atoms with Gasteiger partial charge in [0.25, 0.3) is 0 Å². The van der Waals surface area contributed by atoms with Gasteiger partial charge in [0.05, 0.1) is 19.3 Å². The smallest absolute Gasteiger partial charge is 0.407 e. The van der Waals surface area contributed by atoms with E-state index in [4.69, 9.17) is 14.6 Å². The second-order valence-corrected chi connectivity index (χ2v) is 6.05. The van der Waals surface area contributed by atoms with Crippen molar-refractivity contribution < 1.29 is 29.3 Å². The van der Waals surface area contributed by atoms with Gasteiger partial charge in [-0.15, -0.1) is 0 Å². The molecule has 0 radical (unpaired) electrons. The number of alkyl carbamates (subject to hydrolysis) is 1. The maximum absolute atomic E-state index is 11.7. The van der Waals surface area contributed by atoms with Gasteiger partial charge in [-0.25, -0.2) is 9.59 Å². The Morgan fingerprint density at radius 3 is 2.21 bits per heavy atom. The summed E-state index contributed by atoms with van der Waals surface area (Å²) in [5, 5.41) is 21.0. The van der Waals surface area contributed by atoms with Crippen LogP contribution in [0, 0.1) is 5.41 Å². The number of aliphatic hydroxyl groups excluding tert-OH is 1. The molecular weight excluding hydrogens is 254 g/mol. The Morgan fingerprint density at radius 2 is 1.89 bits per heavy atom. The van der Waals surface area contributed by atoms with Crippen LogP contribution in [0.2, 0.25) is 0 Å². The number of amides is 1. The minimum absolute atomic E-state index is 0.276. The van der Waals surface area contributed by atoms with E-state index in [1.54, 1.807) is 27.7 Å². The Morgan fingerprint density at radius 1 is 1.37 bits per heavy atom. The van der Waals surface area contributed by atoms with Crippen LogP contribution >= 0.6 is 0 Å². The van der Waals surface area contributed by atoms with Gasteiger partial charge in [-0.3, -0.25) is 0 Å². The van der Waals surface area contributed by atoms with Crippen LogP contribution in [0.25, 0.3) is 0 Å². The molecular formula is C12H21NO6. The number of rotatable bonds is 4. The normalized spacial score (nSPS) is 20.9. The number of carbonyl (C=O) groups excluding carboxylic acids is 1. The van der Waals surface area contributed by atoms with Crippen LogP contribution in [0.1, 0.15) is 27.7 Å². The summed E-state index contributed by atoms with van der Waals surface area (Å²) in [5.74, 6) is -1.39. The van der Waals surface area contributed by atoms with Crippen LogP contribution in [0.3, 0.4) is 0 Å². The molecule has 0 aromatic rings. The second-order valence-electron chi connectivity index (χ2n) is 6.05. The van der Waals surface area contributed by atoms with Crippen LogP contribution in [-0.2, 0) is 14.3 Å². The molecule has 1 fully saturated rings. The monoisotopic (exact) mass is 275 g/mol. The Hall–Kier alpha value is -1.34. The van der Waals surface area contributed by atoms with Crippen molar-refractivity contribution >= 4 is 12.1 Å². The topological polar surface area (TPSA) is 105 Å². The number of nitrogens with one attached hydrogen (secondary N) is 1. The summed E-state index contributed by atoms with van der Waals surface area (Å²) in [6.45, 7) is 7.39. The van der Waals surface area contributed by atoms with E-state index in [0.717, 1.165) is 0 Å². The van der Waals surface area contributed by atoms with Gasteiger partial charge in [0.1, 0.15) is 5.60 Å². The summed E-state index contributed by atoms with van der Waals surface area (Å²) in [5.41, 5.74) is -1.31. The maximum Gasteiger partial charge on any atom is 0.407 e. The maximum atomic E-state index is 11.7. The Bertz CT molecular complexity index is 358. The lowest BCUT2D eigenvalue weighted by Gasteiger charge is -2.45. The molecule has 19 heavy (non-hydrogen) atoms. The first-order valence-corrected chi connectivity index (χ1v) is 6.03. The lowest BCUT2D eigenvalue weighted by molar-refractivity contribution is -0.165. The van der Waals surface area contributed by atoms with Crippen molar-refractivity contribution in [2.75, 3.05) is 13.2 Å². The average molecular weight is 275 g/mol. The molecule has 1 heterocycles. The molecule has 7 nitrogen and oxygen atoms in total. The van der Waals surface area contributed by atoms with Gasteiger partial charge in [-0.05, 0) is 20.8 Å². The lowest BCUT2D eigenvalue weighted by Crippen LogP contribution is -2.63. The third-order valence-electron chi connectivity index (χ3n) is 2.86. The minimum atomic E-state index is -1.71. The zero-order valence-electron chi connectivity index (χ0n) is 11.6. The van der Waals surface area contributed by atoms with Crippen LogP contribution in [-0.4, -0.2) is 53.2 Å². The molecule has 3 N–H and O–H groups in total. The molecule has 1 amide bonds. The van der Waals surface area contributed by atoms with Crippen molar-refractivity contribution in [2.24, 2.45) is 5.41 Å². The molecule has 1 rings (SSSR count). The van der Waals surface area contributed by atoms with E-state index in [2.05, 4.69) is 5.32 Å². The van der Waals surface area contributed by atoms with Gasteiger partial charge in [0.2, 0.25) is 0 Å². The number of aliphatic carboxylic acids is 1. The number of hydrogen-bond acceptors (Lipinski definition) is 5. The fraction of sp³-hybridized carbons (Fsp3) is 0.833. The zero-order valence-corrected chi connectivity index (χ0v) is 11.6. The van der Waals surface area contributed by atoms with E-state index in [9.17, 15) is 14.7 Å². The van der Waals surface area contributed by atoms with Crippen molar-refractivity contribution in [3.05, 3.63) is 0 Å². The van der Waals surface area contributed by atoms with Crippen molar-refractivity contribution in [1.29, 1.82) is 0 Å². The van der Waals surface area contributed by atoms with E-state index < -0.39 is 35.2 Å². The van der Waals surface area contributed by atoms with E-state index in [0.29, 0.717) is 0 Å². The highest BCUT2D eigenvalue weighted by atomic mass is 16.6. The van der Waals surface area contributed by atoms with Crippen LogP contribution in [0.4, 0.5) is 4.79 Å². The molecule has 0 aromatic carbocycles. The van der Waals surface area contributed by atoms with Crippen molar-refractivity contribution in [2.45, 2.75) is 45.4 Å². The third kappa shape index (κ3) is 4.07. The molecule has 0 aromatic heterocycles. The predicted octanol–water partition coefficient (Wildman–Crippen LogP) is 0.362.